The molecule has 0 saturated carbocycles. The van der Waals surface area contributed by atoms with Crippen molar-refractivity contribution in [3.8, 4) is 0 Å². The average Bonchev–Trinajstić information content (AvgIpc) is 2.96. The molecule has 26 heavy (non-hydrogen) atoms. The van der Waals surface area contributed by atoms with E-state index in [-0.39, 0.29) is 22.4 Å². The molecule has 0 radical (unpaired) electrons. The Labute approximate surface area is 154 Å². The van der Waals surface area contributed by atoms with Crippen LogP contribution in [0.1, 0.15) is 27.2 Å². The van der Waals surface area contributed by atoms with E-state index < -0.39 is 0 Å². The third kappa shape index (κ3) is 3.34. The number of carbonyl (C=O) groups excluding carboxylic acids is 1. The Morgan fingerprint density at radius 1 is 1.23 bits per heavy atom. The Bertz CT molecular complexity index is 818. The van der Waals surface area contributed by atoms with E-state index in [1.165, 1.54) is 6.07 Å². The second kappa shape index (κ2) is 8.13. The second-order valence-electron chi connectivity index (χ2n) is 6.69. The van der Waals surface area contributed by atoms with Crippen LogP contribution in [0.2, 0.25) is 0 Å². The molecule has 0 spiro atoms. The third-order valence-corrected chi connectivity index (χ3v) is 5.43. The molecule has 1 heterocycles. The summed E-state index contributed by atoms with van der Waals surface area (Å²) in [6.07, 6.45) is 1.04. The first-order valence-electron chi connectivity index (χ1n) is 8.93. The van der Waals surface area contributed by atoms with Crippen LogP contribution in [-0.4, -0.2) is 17.4 Å². The summed E-state index contributed by atoms with van der Waals surface area (Å²) in [6.45, 7) is 13.0. The number of anilines is 1. The first-order valence-corrected chi connectivity index (χ1v) is 8.93. The first-order chi connectivity index (χ1) is 12.5. The Morgan fingerprint density at radius 3 is 2.42 bits per heavy atom. The predicted octanol–water partition coefficient (Wildman–Crippen LogP) is 5.20. The zero-order valence-electron chi connectivity index (χ0n) is 15.6. The van der Waals surface area contributed by atoms with Crippen LogP contribution in [0.25, 0.3) is 10.8 Å². The standard InChI is InChI=1S/C19H22N2O3.C2H4/c1-4-12(2)16-11-20(19(22)13(16)3)17-9-10-18(21(23)24)15-8-6-5-7-14(15)17;1-2/h5-10,12-13,16H,4,11H2,1-3H3;1-2H2. The van der Waals surface area contributed by atoms with Crippen LogP contribution in [0.3, 0.4) is 0 Å². The normalized spacial score (nSPS) is 20.6. The molecule has 2 aromatic carbocycles. The Balaban J connectivity index is 0.00000117. The van der Waals surface area contributed by atoms with Crippen LogP contribution in [0, 0.1) is 27.9 Å². The van der Waals surface area contributed by atoms with Crippen molar-refractivity contribution in [2.45, 2.75) is 27.2 Å². The predicted molar refractivity (Wildman–Crippen MR) is 106 cm³/mol. The molecule has 0 aliphatic carbocycles. The van der Waals surface area contributed by atoms with Crippen LogP contribution in [0.5, 0.6) is 0 Å². The number of benzene rings is 2. The number of amides is 1. The van der Waals surface area contributed by atoms with Crippen LogP contribution < -0.4 is 4.90 Å². The van der Waals surface area contributed by atoms with Gasteiger partial charge in [-0.1, -0.05) is 45.4 Å². The molecule has 3 atom stereocenters. The lowest BCUT2D eigenvalue weighted by Gasteiger charge is -2.21. The van der Waals surface area contributed by atoms with Crippen molar-refractivity contribution in [3.63, 3.8) is 0 Å². The molecule has 3 unspecified atom stereocenters. The SMILES string of the molecule is C=C.CCC(C)C1CN(c2ccc([N+](=O)[O-])c3ccccc23)C(=O)C1C. The number of nitro groups is 1. The van der Waals surface area contributed by atoms with Crippen LogP contribution in [-0.2, 0) is 4.79 Å². The highest BCUT2D eigenvalue weighted by atomic mass is 16.6. The number of hydrogen-bond acceptors (Lipinski definition) is 3. The maximum atomic E-state index is 12.8. The fourth-order valence-corrected chi connectivity index (χ4v) is 3.74. The summed E-state index contributed by atoms with van der Waals surface area (Å²) in [5.41, 5.74) is 0.853. The highest BCUT2D eigenvalue weighted by Crippen LogP contribution is 2.39. The highest BCUT2D eigenvalue weighted by molar-refractivity contribution is 6.08. The molecule has 5 heteroatoms. The number of carbonyl (C=O) groups is 1. The van der Waals surface area contributed by atoms with Crippen molar-refractivity contribution in [2.24, 2.45) is 17.8 Å². The van der Waals surface area contributed by atoms with Gasteiger partial charge in [0, 0.05) is 23.9 Å². The lowest BCUT2D eigenvalue weighted by molar-refractivity contribution is -0.383. The van der Waals surface area contributed by atoms with E-state index in [0.29, 0.717) is 23.8 Å². The summed E-state index contributed by atoms with van der Waals surface area (Å²) in [7, 11) is 0. The van der Waals surface area contributed by atoms with Crippen molar-refractivity contribution in [2.75, 3.05) is 11.4 Å². The third-order valence-electron chi connectivity index (χ3n) is 5.43. The summed E-state index contributed by atoms with van der Waals surface area (Å²) >= 11 is 0. The molecule has 0 N–H and O–H groups in total. The zero-order chi connectivity index (χ0) is 19.4. The van der Waals surface area contributed by atoms with Gasteiger partial charge in [0.2, 0.25) is 5.91 Å². The Kier molecular flexibility index (Phi) is 6.14. The number of nitrogens with zero attached hydrogens (tertiary/aromatic N) is 2. The first kappa shape index (κ1) is 19.6. The topological polar surface area (TPSA) is 63.4 Å². The molecular weight excluding hydrogens is 328 g/mol. The van der Waals surface area contributed by atoms with Crippen LogP contribution in [0.15, 0.2) is 49.6 Å². The fraction of sp³-hybridized carbons (Fsp3) is 0.381. The van der Waals surface area contributed by atoms with E-state index in [9.17, 15) is 14.9 Å². The molecule has 1 aliphatic rings. The Morgan fingerprint density at radius 2 is 1.85 bits per heavy atom. The number of nitro benzene ring substituents is 1. The van der Waals surface area contributed by atoms with Gasteiger partial charge in [-0.25, -0.2) is 0 Å². The maximum Gasteiger partial charge on any atom is 0.277 e. The second-order valence-corrected chi connectivity index (χ2v) is 6.69. The van der Waals surface area contributed by atoms with E-state index in [2.05, 4.69) is 27.0 Å². The van der Waals surface area contributed by atoms with Gasteiger partial charge < -0.3 is 4.90 Å². The highest BCUT2D eigenvalue weighted by Gasteiger charge is 2.40. The van der Waals surface area contributed by atoms with Crippen molar-refractivity contribution in [1.82, 2.24) is 0 Å². The van der Waals surface area contributed by atoms with Crippen molar-refractivity contribution in [1.29, 1.82) is 0 Å². The Hall–Kier alpha value is -2.69. The summed E-state index contributed by atoms with van der Waals surface area (Å²) in [4.78, 5) is 25.5. The number of fused-ring (bicyclic) bond motifs is 1. The molecule has 1 fully saturated rings. The van der Waals surface area contributed by atoms with Gasteiger partial charge in [0.05, 0.1) is 16.0 Å². The average molecular weight is 354 g/mol. The summed E-state index contributed by atoms with van der Waals surface area (Å²) in [5, 5.41) is 12.6. The van der Waals surface area contributed by atoms with Gasteiger partial charge in [-0.2, -0.15) is 0 Å². The molecule has 2 aromatic rings. The van der Waals surface area contributed by atoms with Gasteiger partial charge in [-0.15, -0.1) is 13.2 Å². The van der Waals surface area contributed by atoms with Crippen molar-refractivity contribution < 1.29 is 9.72 Å². The monoisotopic (exact) mass is 354 g/mol. The molecule has 5 nitrogen and oxygen atoms in total. The van der Waals surface area contributed by atoms with Gasteiger partial charge in [-0.05, 0) is 24.0 Å². The fourth-order valence-electron chi connectivity index (χ4n) is 3.74. The zero-order valence-corrected chi connectivity index (χ0v) is 15.6. The minimum Gasteiger partial charge on any atom is -0.311 e. The van der Waals surface area contributed by atoms with Crippen molar-refractivity contribution in [3.05, 3.63) is 59.7 Å². The number of hydrogen-bond donors (Lipinski definition) is 0. The molecule has 138 valence electrons. The maximum absolute atomic E-state index is 12.8. The summed E-state index contributed by atoms with van der Waals surface area (Å²) in [5.74, 6) is 0.878. The smallest absolute Gasteiger partial charge is 0.277 e. The minimum absolute atomic E-state index is 0.0195. The van der Waals surface area contributed by atoms with E-state index in [1.54, 1.807) is 18.2 Å². The van der Waals surface area contributed by atoms with E-state index in [0.717, 1.165) is 17.5 Å². The molecule has 3 rings (SSSR count). The lowest BCUT2D eigenvalue weighted by atomic mass is 9.84. The van der Waals surface area contributed by atoms with E-state index in [4.69, 9.17) is 0 Å². The van der Waals surface area contributed by atoms with Crippen LogP contribution >= 0.6 is 0 Å². The van der Waals surface area contributed by atoms with Crippen LogP contribution in [0.4, 0.5) is 11.4 Å². The molecule has 1 saturated heterocycles. The van der Waals surface area contributed by atoms with E-state index >= 15 is 0 Å². The number of non-ortho nitro benzene ring substituents is 1. The van der Waals surface area contributed by atoms with Gasteiger partial charge in [0.1, 0.15) is 0 Å². The molecule has 0 bridgehead atoms. The lowest BCUT2D eigenvalue weighted by Crippen LogP contribution is -2.26. The molecular formula is C21H26N2O3. The van der Waals surface area contributed by atoms with Crippen molar-refractivity contribution >= 4 is 28.1 Å². The molecule has 1 amide bonds. The molecule has 0 aromatic heterocycles. The van der Waals surface area contributed by atoms with Gasteiger partial charge >= 0.3 is 0 Å². The summed E-state index contributed by atoms with van der Waals surface area (Å²) in [6, 6.07) is 10.5. The quantitative estimate of drug-likeness (QED) is 0.431. The summed E-state index contributed by atoms with van der Waals surface area (Å²) < 4.78 is 0. The number of rotatable bonds is 4. The largest absolute Gasteiger partial charge is 0.311 e. The minimum atomic E-state index is -0.373. The molecule has 1 aliphatic heterocycles. The van der Waals surface area contributed by atoms with Gasteiger partial charge in [0.25, 0.3) is 5.69 Å². The van der Waals surface area contributed by atoms with Gasteiger partial charge in [-0.3, -0.25) is 14.9 Å². The van der Waals surface area contributed by atoms with Gasteiger partial charge in [0.15, 0.2) is 0 Å². The van der Waals surface area contributed by atoms with E-state index in [1.807, 2.05) is 24.0 Å².